The molecule has 2 N–H and O–H groups in total. The maximum Gasteiger partial charge on any atom is 0.118 e. The molecule has 0 bridgehead atoms. The summed E-state index contributed by atoms with van der Waals surface area (Å²) in [6, 6.07) is 0. The van der Waals surface area contributed by atoms with E-state index in [2.05, 4.69) is 0 Å². The summed E-state index contributed by atoms with van der Waals surface area (Å²) in [4.78, 5) is 0. The van der Waals surface area contributed by atoms with Crippen molar-refractivity contribution in [2.45, 2.75) is 24.4 Å². The average Bonchev–Trinajstić information content (AvgIpc) is 2.02. The minimum absolute atomic E-state index is 0.0999. The Bertz CT molecular complexity index is 226. The molecule has 2 unspecified atom stereocenters. The van der Waals surface area contributed by atoms with Gasteiger partial charge in [0.25, 0.3) is 0 Å². The molecular formula is C10H16INO. The zero-order valence-electron chi connectivity index (χ0n) is 8.21. The fourth-order valence-corrected chi connectivity index (χ4v) is 0.805. The first kappa shape index (κ1) is 12.8. The molecule has 0 rings (SSSR count). The molecule has 0 aromatic rings. The van der Waals surface area contributed by atoms with E-state index < -0.39 is 3.61 Å². The highest BCUT2D eigenvalue weighted by atomic mass is 127. The predicted octanol–water partition coefficient (Wildman–Crippen LogP) is 2.92. The maximum absolute atomic E-state index is 9.58. The van der Waals surface area contributed by atoms with Crippen molar-refractivity contribution in [1.82, 2.24) is 0 Å². The van der Waals surface area contributed by atoms with E-state index in [4.69, 9.17) is 5.41 Å². The smallest absolute Gasteiger partial charge is 0.118 e. The Hall–Kier alpha value is -0.160. The van der Waals surface area contributed by atoms with Crippen molar-refractivity contribution in [1.29, 1.82) is 5.41 Å². The molecule has 0 aromatic carbocycles. The summed E-state index contributed by atoms with van der Waals surface area (Å²) < 4.78 is -0.708. The monoisotopic (exact) mass is 293 g/mol. The van der Waals surface area contributed by atoms with E-state index in [0.29, 0.717) is 0 Å². The molecule has 0 heterocycles. The fourth-order valence-electron chi connectivity index (χ4n) is 0.598. The molecule has 0 spiro atoms. The first-order valence-electron chi connectivity index (χ1n) is 4.14. The second kappa shape index (κ2) is 5.54. The molecule has 0 aliphatic heterocycles. The average molecular weight is 293 g/mol. The minimum Gasteiger partial charge on any atom is -0.379 e. The Morgan fingerprint density at radius 1 is 1.62 bits per heavy atom. The highest BCUT2D eigenvalue weighted by Crippen LogP contribution is 2.25. The molecule has 0 saturated carbocycles. The Labute approximate surface area is 93.4 Å². The molecule has 0 saturated heterocycles. The van der Waals surface area contributed by atoms with Gasteiger partial charge in [-0.2, -0.15) is 0 Å². The number of hydrogen-bond acceptors (Lipinski definition) is 2. The quantitative estimate of drug-likeness (QED) is 0.356. The van der Waals surface area contributed by atoms with Gasteiger partial charge >= 0.3 is 0 Å². The van der Waals surface area contributed by atoms with E-state index in [-0.39, 0.29) is 5.92 Å². The predicted molar refractivity (Wildman–Crippen MR) is 65.5 cm³/mol. The zero-order chi connectivity index (χ0) is 10.5. The Kier molecular flexibility index (Phi) is 5.48. The normalized spacial score (nSPS) is 19.9. The summed E-state index contributed by atoms with van der Waals surface area (Å²) in [5.41, 5.74) is 0.900. The molecule has 0 fully saturated rings. The third-order valence-electron chi connectivity index (χ3n) is 1.82. The summed E-state index contributed by atoms with van der Waals surface area (Å²) >= 11 is 2.01. The lowest BCUT2D eigenvalue weighted by molar-refractivity contribution is 0.139. The lowest BCUT2D eigenvalue weighted by Crippen LogP contribution is -2.22. The van der Waals surface area contributed by atoms with Gasteiger partial charge in [-0.1, -0.05) is 25.2 Å². The van der Waals surface area contributed by atoms with Crippen molar-refractivity contribution < 1.29 is 5.11 Å². The van der Waals surface area contributed by atoms with Crippen LogP contribution >= 0.6 is 22.6 Å². The number of allylic oxidation sites excluding steroid dienone is 3. The summed E-state index contributed by atoms with van der Waals surface area (Å²) in [5.74, 6) is 0.0999. The zero-order valence-corrected chi connectivity index (χ0v) is 10.4. The lowest BCUT2D eigenvalue weighted by Gasteiger charge is -2.20. The highest BCUT2D eigenvalue weighted by molar-refractivity contribution is 14.1. The molecule has 2 nitrogen and oxygen atoms in total. The van der Waals surface area contributed by atoms with E-state index >= 15 is 0 Å². The van der Waals surface area contributed by atoms with Gasteiger partial charge in [0.15, 0.2) is 0 Å². The molecule has 13 heavy (non-hydrogen) atoms. The van der Waals surface area contributed by atoms with Crippen LogP contribution in [0.1, 0.15) is 20.8 Å². The summed E-state index contributed by atoms with van der Waals surface area (Å²) in [7, 11) is 0. The SMILES string of the molecule is C/C(C=N)=C\C=C/C(C)C(C)(O)I. The molecule has 0 aliphatic carbocycles. The van der Waals surface area contributed by atoms with Crippen LogP contribution < -0.4 is 0 Å². The van der Waals surface area contributed by atoms with E-state index in [1.54, 1.807) is 6.92 Å². The lowest BCUT2D eigenvalue weighted by atomic mass is 10.1. The molecule has 0 aromatic heterocycles. The summed E-state index contributed by atoms with van der Waals surface area (Å²) in [6.45, 7) is 5.59. The summed E-state index contributed by atoms with van der Waals surface area (Å²) in [5, 5.41) is 16.5. The Balaban J connectivity index is 4.21. The second-order valence-corrected chi connectivity index (χ2v) is 5.44. The van der Waals surface area contributed by atoms with Gasteiger partial charge in [0.1, 0.15) is 3.61 Å². The maximum atomic E-state index is 9.58. The van der Waals surface area contributed by atoms with Gasteiger partial charge in [-0.15, -0.1) is 0 Å². The third-order valence-corrected chi connectivity index (χ3v) is 2.80. The van der Waals surface area contributed by atoms with Crippen molar-refractivity contribution in [3.63, 3.8) is 0 Å². The van der Waals surface area contributed by atoms with Gasteiger partial charge in [0.2, 0.25) is 0 Å². The van der Waals surface area contributed by atoms with Crippen LogP contribution in [0.5, 0.6) is 0 Å². The van der Waals surface area contributed by atoms with Crippen molar-refractivity contribution in [3.05, 3.63) is 23.8 Å². The van der Waals surface area contributed by atoms with Crippen LogP contribution in [-0.2, 0) is 0 Å². The highest BCUT2D eigenvalue weighted by Gasteiger charge is 2.21. The minimum atomic E-state index is -0.708. The van der Waals surface area contributed by atoms with E-state index in [1.165, 1.54) is 6.21 Å². The standard InChI is InChI=1S/C10H16INO/c1-8(7-12)5-4-6-9(2)10(3,11)13/h4-7,9,12-13H,1-3H3/b6-4-,8-5+,12-7?. The molecule has 2 atom stereocenters. The van der Waals surface area contributed by atoms with Gasteiger partial charge in [-0.05, 0) is 42.0 Å². The van der Waals surface area contributed by atoms with Crippen molar-refractivity contribution in [2.24, 2.45) is 5.92 Å². The molecule has 74 valence electrons. The number of nitrogens with one attached hydrogen (secondary N) is 1. The van der Waals surface area contributed by atoms with Gasteiger partial charge in [-0.3, -0.25) is 0 Å². The number of hydrogen-bond donors (Lipinski definition) is 2. The van der Waals surface area contributed by atoms with Crippen LogP contribution in [0.3, 0.4) is 0 Å². The Morgan fingerprint density at radius 3 is 2.54 bits per heavy atom. The first-order chi connectivity index (χ1) is 5.88. The third kappa shape index (κ3) is 5.99. The van der Waals surface area contributed by atoms with Crippen LogP contribution in [0.25, 0.3) is 0 Å². The van der Waals surface area contributed by atoms with Crippen molar-refractivity contribution >= 4 is 28.8 Å². The summed E-state index contributed by atoms with van der Waals surface area (Å²) in [6.07, 6.45) is 6.96. The van der Waals surface area contributed by atoms with Crippen molar-refractivity contribution in [3.8, 4) is 0 Å². The van der Waals surface area contributed by atoms with Crippen molar-refractivity contribution in [2.75, 3.05) is 0 Å². The number of alkyl halides is 1. The van der Waals surface area contributed by atoms with E-state index in [0.717, 1.165) is 5.57 Å². The molecule has 3 heteroatoms. The molecule has 0 amide bonds. The number of aliphatic hydroxyl groups is 1. The largest absolute Gasteiger partial charge is 0.379 e. The van der Waals surface area contributed by atoms with Gasteiger partial charge in [0, 0.05) is 12.1 Å². The Morgan fingerprint density at radius 2 is 2.15 bits per heavy atom. The van der Waals surface area contributed by atoms with Crippen LogP contribution in [0.15, 0.2) is 23.8 Å². The van der Waals surface area contributed by atoms with Gasteiger partial charge in [-0.25, -0.2) is 0 Å². The van der Waals surface area contributed by atoms with Gasteiger partial charge < -0.3 is 10.5 Å². The van der Waals surface area contributed by atoms with E-state index in [9.17, 15) is 5.11 Å². The molecule has 0 aliphatic rings. The topological polar surface area (TPSA) is 44.1 Å². The second-order valence-electron chi connectivity index (χ2n) is 3.25. The molecule has 0 radical (unpaired) electrons. The van der Waals surface area contributed by atoms with E-state index in [1.807, 2.05) is 54.7 Å². The molecular weight excluding hydrogens is 277 g/mol. The van der Waals surface area contributed by atoms with Crippen LogP contribution in [0.2, 0.25) is 0 Å². The van der Waals surface area contributed by atoms with Gasteiger partial charge in [0.05, 0.1) is 0 Å². The van der Waals surface area contributed by atoms with Crippen LogP contribution in [0.4, 0.5) is 0 Å². The first-order valence-corrected chi connectivity index (χ1v) is 5.22. The number of rotatable bonds is 4. The van der Waals surface area contributed by atoms with Crippen LogP contribution in [0, 0.1) is 11.3 Å². The fraction of sp³-hybridized carbons (Fsp3) is 0.500. The van der Waals surface area contributed by atoms with Crippen LogP contribution in [-0.4, -0.2) is 14.9 Å². The number of halogens is 1.